The maximum Gasteiger partial charge on any atom is 0.407 e. The van der Waals surface area contributed by atoms with Crippen molar-refractivity contribution < 1.29 is 9.90 Å². The number of carbonyl (C=O) groups is 1. The van der Waals surface area contributed by atoms with E-state index in [2.05, 4.69) is 16.1 Å². The van der Waals surface area contributed by atoms with Gasteiger partial charge in [0.15, 0.2) is 0 Å². The van der Waals surface area contributed by atoms with Gasteiger partial charge in [0.1, 0.15) is 0 Å². The van der Waals surface area contributed by atoms with E-state index in [1.54, 1.807) is 0 Å². The molecule has 1 amide bonds. The second kappa shape index (κ2) is 3.40. The monoisotopic (exact) mass is 222 g/mol. The molecule has 0 aromatic carbocycles. The smallest absolute Gasteiger partial charge is 0.407 e. The van der Waals surface area contributed by atoms with Crippen LogP contribution in [-0.4, -0.2) is 45.7 Å². The molecule has 0 bridgehead atoms. The Morgan fingerprint density at radius 2 is 2.27 bits per heavy atom. The number of amides is 1. The van der Waals surface area contributed by atoms with Gasteiger partial charge in [-0.25, -0.2) is 8.72 Å². The lowest BCUT2D eigenvalue weighted by molar-refractivity contribution is 0.103. The molecular formula is C6H11BrN2O2. The summed E-state index contributed by atoms with van der Waals surface area (Å²) in [5.41, 5.74) is 0. The van der Waals surface area contributed by atoms with E-state index in [1.807, 2.05) is 10.8 Å². The standard InChI is InChI=1S/C6H11BrN2O2/c1-5-4-8(7)2-3-9(5)6(10)11/h5H,2-4H2,1H3,(H,10,11). The molecule has 64 valence electrons. The highest BCUT2D eigenvalue weighted by Gasteiger charge is 2.25. The molecule has 0 saturated carbocycles. The van der Waals surface area contributed by atoms with Gasteiger partial charge in [-0.1, -0.05) is 0 Å². The molecule has 1 N–H and O–H groups in total. The molecule has 11 heavy (non-hydrogen) atoms. The molecule has 1 heterocycles. The molecule has 4 nitrogen and oxygen atoms in total. The zero-order chi connectivity index (χ0) is 8.43. The highest BCUT2D eigenvalue weighted by molar-refractivity contribution is 9.07. The van der Waals surface area contributed by atoms with Crippen molar-refractivity contribution in [2.45, 2.75) is 13.0 Å². The van der Waals surface area contributed by atoms with Crippen LogP contribution >= 0.6 is 16.1 Å². The highest BCUT2D eigenvalue weighted by atomic mass is 79.9. The Morgan fingerprint density at radius 3 is 2.73 bits per heavy atom. The van der Waals surface area contributed by atoms with E-state index in [0.717, 1.165) is 13.1 Å². The Kier molecular flexibility index (Phi) is 2.72. The number of carboxylic acid groups (broad SMARTS) is 1. The van der Waals surface area contributed by atoms with Gasteiger partial charge in [0, 0.05) is 41.8 Å². The minimum Gasteiger partial charge on any atom is -0.465 e. The summed E-state index contributed by atoms with van der Waals surface area (Å²) < 4.78 is 1.96. The van der Waals surface area contributed by atoms with Gasteiger partial charge in [-0.2, -0.15) is 0 Å². The van der Waals surface area contributed by atoms with E-state index in [4.69, 9.17) is 5.11 Å². The van der Waals surface area contributed by atoms with Crippen molar-refractivity contribution in [3.05, 3.63) is 0 Å². The summed E-state index contributed by atoms with van der Waals surface area (Å²) in [5, 5.41) is 8.69. The summed E-state index contributed by atoms with van der Waals surface area (Å²) in [5.74, 6) is 0. The molecule has 1 aliphatic rings. The first kappa shape index (κ1) is 8.80. The topological polar surface area (TPSA) is 43.8 Å². The first-order chi connectivity index (χ1) is 5.11. The van der Waals surface area contributed by atoms with Gasteiger partial charge in [-0.05, 0) is 6.92 Å². The van der Waals surface area contributed by atoms with Crippen LogP contribution in [0.25, 0.3) is 0 Å². The first-order valence-corrected chi connectivity index (χ1v) is 4.22. The lowest BCUT2D eigenvalue weighted by Crippen LogP contribution is -2.50. The van der Waals surface area contributed by atoms with E-state index in [1.165, 1.54) is 4.90 Å². The van der Waals surface area contributed by atoms with Crippen LogP contribution in [0.15, 0.2) is 0 Å². The Morgan fingerprint density at radius 1 is 1.64 bits per heavy atom. The van der Waals surface area contributed by atoms with E-state index >= 15 is 0 Å². The van der Waals surface area contributed by atoms with Gasteiger partial charge in [0.05, 0.1) is 0 Å². The second-order valence-electron chi connectivity index (χ2n) is 2.69. The van der Waals surface area contributed by atoms with Crippen LogP contribution < -0.4 is 0 Å². The third-order valence-corrected chi connectivity index (χ3v) is 2.47. The van der Waals surface area contributed by atoms with Crippen molar-refractivity contribution >= 4 is 22.2 Å². The summed E-state index contributed by atoms with van der Waals surface area (Å²) in [7, 11) is 0. The zero-order valence-electron chi connectivity index (χ0n) is 6.33. The van der Waals surface area contributed by atoms with Crippen molar-refractivity contribution in [2.75, 3.05) is 19.6 Å². The molecule has 0 aliphatic carbocycles. The van der Waals surface area contributed by atoms with Crippen LogP contribution in [0.4, 0.5) is 4.79 Å². The average molecular weight is 223 g/mol. The lowest BCUT2D eigenvalue weighted by atomic mass is 10.2. The highest BCUT2D eigenvalue weighted by Crippen LogP contribution is 2.11. The number of hydrogen-bond acceptors (Lipinski definition) is 2. The molecule has 1 saturated heterocycles. The number of nitrogens with zero attached hydrogens (tertiary/aromatic N) is 2. The molecule has 0 radical (unpaired) electrons. The van der Waals surface area contributed by atoms with Crippen molar-refractivity contribution in [1.29, 1.82) is 0 Å². The Bertz CT molecular complexity index is 165. The SMILES string of the molecule is CC1CN(Br)CCN1C(=O)O. The molecule has 1 unspecified atom stereocenters. The van der Waals surface area contributed by atoms with Crippen LogP contribution in [0, 0.1) is 0 Å². The molecule has 0 aromatic rings. The van der Waals surface area contributed by atoms with Crippen molar-refractivity contribution in [1.82, 2.24) is 8.83 Å². The number of rotatable bonds is 0. The van der Waals surface area contributed by atoms with Gasteiger partial charge >= 0.3 is 6.09 Å². The molecule has 0 aromatic heterocycles. The van der Waals surface area contributed by atoms with Crippen LogP contribution in [0.5, 0.6) is 0 Å². The molecule has 1 fully saturated rings. The Hall–Kier alpha value is -0.290. The minimum atomic E-state index is -0.821. The van der Waals surface area contributed by atoms with Crippen LogP contribution in [0.3, 0.4) is 0 Å². The Labute approximate surface area is 74.1 Å². The number of piperazine rings is 1. The van der Waals surface area contributed by atoms with E-state index in [9.17, 15) is 4.79 Å². The van der Waals surface area contributed by atoms with Gasteiger partial charge in [0.2, 0.25) is 0 Å². The normalized spacial score (nSPS) is 27.1. The van der Waals surface area contributed by atoms with Gasteiger partial charge < -0.3 is 10.0 Å². The third kappa shape index (κ3) is 2.07. The van der Waals surface area contributed by atoms with Gasteiger partial charge in [0.25, 0.3) is 0 Å². The largest absolute Gasteiger partial charge is 0.465 e. The quantitative estimate of drug-likeness (QED) is 0.622. The summed E-state index contributed by atoms with van der Waals surface area (Å²) in [6, 6.07) is 0.0839. The summed E-state index contributed by atoms with van der Waals surface area (Å²) >= 11 is 3.32. The minimum absolute atomic E-state index is 0.0839. The summed E-state index contributed by atoms with van der Waals surface area (Å²) in [4.78, 5) is 12.0. The average Bonchev–Trinajstić information content (AvgIpc) is 1.85. The fraction of sp³-hybridized carbons (Fsp3) is 0.833. The van der Waals surface area contributed by atoms with Crippen molar-refractivity contribution in [2.24, 2.45) is 0 Å². The molecular weight excluding hydrogens is 212 g/mol. The summed E-state index contributed by atoms with van der Waals surface area (Å²) in [6.45, 7) is 4.01. The van der Waals surface area contributed by atoms with Crippen molar-refractivity contribution in [3.63, 3.8) is 0 Å². The predicted octanol–water partition coefficient (Wildman–Crippen LogP) is 0.980. The zero-order valence-corrected chi connectivity index (χ0v) is 7.91. The van der Waals surface area contributed by atoms with Crippen LogP contribution in [-0.2, 0) is 0 Å². The van der Waals surface area contributed by atoms with Crippen LogP contribution in [0.2, 0.25) is 0 Å². The lowest BCUT2D eigenvalue weighted by Gasteiger charge is -2.34. The second-order valence-corrected chi connectivity index (χ2v) is 3.70. The molecule has 0 spiro atoms. The van der Waals surface area contributed by atoms with Gasteiger partial charge in [-0.15, -0.1) is 0 Å². The molecule has 5 heteroatoms. The number of halogens is 1. The number of hydrogen-bond donors (Lipinski definition) is 1. The predicted molar refractivity (Wildman–Crippen MR) is 44.7 cm³/mol. The van der Waals surface area contributed by atoms with Crippen LogP contribution in [0.1, 0.15) is 6.92 Å². The summed E-state index contributed by atoms with van der Waals surface area (Å²) in [6.07, 6.45) is -0.821. The Balaban J connectivity index is 2.50. The molecule has 1 atom stereocenters. The van der Waals surface area contributed by atoms with E-state index in [-0.39, 0.29) is 6.04 Å². The van der Waals surface area contributed by atoms with Crippen molar-refractivity contribution in [3.8, 4) is 0 Å². The maximum absolute atomic E-state index is 10.6. The fourth-order valence-corrected chi connectivity index (χ4v) is 1.78. The first-order valence-electron chi connectivity index (χ1n) is 3.51. The van der Waals surface area contributed by atoms with E-state index in [0.29, 0.717) is 6.54 Å². The molecule has 1 aliphatic heterocycles. The molecule has 1 rings (SSSR count). The van der Waals surface area contributed by atoms with E-state index < -0.39 is 6.09 Å². The third-order valence-electron chi connectivity index (χ3n) is 1.82. The maximum atomic E-state index is 10.6. The van der Waals surface area contributed by atoms with Gasteiger partial charge in [-0.3, -0.25) is 0 Å². The fourth-order valence-electron chi connectivity index (χ4n) is 1.20.